The zero-order chi connectivity index (χ0) is 17.5. The molecule has 0 fully saturated rings. The summed E-state index contributed by atoms with van der Waals surface area (Å²) >= 11 is 0. The second-order valence-electron chi connectivity index (χ2n) is 7.81. The number of halogens is 1. The molecule has 0 bridgehead atoms. The van der Waals surface area contributed by atoms with Crippen molar-refractivity contribution in [3.63, 3.8) is 0 Å². The van der Waals surface area contributed by atoms with E-state index in [4.69, 9.17) is 0 Å². The Balaban J connectivity index is 0. The van der Waals surface area contributed by atoms with Crippen LogP contribution in [0.3, 0.4) is 0 Å². The van der Waals surface area contributed by atoms with Crippen LogP contribution in [0.1, 0.15) is 103 Å². The van der Waals surface area contributed by atoms with Crippen molar-refractivity contribution in [1.82, 2.24) is 5.32 Å². The monoisotopic (exact) mass is 385 g/mol. The van der Waals surface area contributed by atoms with Crippen molar-refractivity contribution in [1.29, 1.82) is 0 Å². The first-order valence-corrected chi connectivity index (χ1v) is 10.5. The second-order valence-corrected chi connectivity index (χ2v) is 7.81. The summed E-state index contributed by atoms with van der Waals surface area (Å²) in [6, 6.07) is 10.8. The van der Waals surface area contributed by atoms with Gasteiger partial charge in [-0.3, -0.25) is 0 Å². The van der Waals surface area contributed by atoms with Gasteiger partial charge in [0, 0.05) is 5.54 Å². The summed E-state index contributed by atoms with van der Waals surface area (Å²) in [6.45, 7) is 7.98. The third-order valence-electron chi connectivity index (χ3n) is 5.09. The quantitative estimate of drug-likeness (QED) is 0.331. The highest BCUT2D eigenvalue weighted by molar-refractivity contribution is 5.85. The highest BCUT2D eigenvalue weighted by Crippen LogP contribution is 2.19. The maximum Gasteiger partial charge on any atom is 0.0377 e. The van der Waals surface area contributed by atoms with Crippen molar-refractivity contribution in [2.24, 2.45) is 0 Å². The second kappa shape index (κ2) is 17.8. The Bertz CT molecular complexity index is 394. The molecular weight excluding hydrogens is 342 g/mol. The highest BCUT2D eigenvalue weighted by Gasteiger charge is 2.18. The molecule has 0 saturated carbocycles. The van der Waals surface area contributed by atoms with Crippen LogP contribution in [0.25, 0.3) is 0 Å². The Morgan fingerprint density at radius 3 is 1.58 bits per heavy atom. The van der Waals surface area contributed by atoms with E-state index in [9.17, 15) is 0 Å². The van der Waals surface area contributed by atoms with Crippen LogP contribution in [-0.4, -0.2) is 12.0 Å². The van der Waals surface area contributed by atoms with E-state index in [0.29, 0.717) is 0 Å². The number of nitrogens with one attached hydrogen (secondary N) is 1. The third kappa shape index (κ3) is 13.6. The van der Waals surface area contributed by atoms with Gasteiger partial charge >= 0.3 is 0 Å². The van der Waals surface area contributed by atoms with Crippen LogP contribution < -0.4 is 5.32 Å². The number of hydrogen-bond acceptors (Lipinski definition) is 1. The van der Waals surface area contributed by atoms with Crippen LogP contribution in [0.5, 0.6) is 0 Å². The van der Waals surface area contributed by atoms with Crippen molar-refractivity contribution in [2.45, 2.75) is 103 Å². The molecule has 0 unspecified atom stereocenters. The predicted octanol–water partition coefficient (Wildman–Crippen LogP) is 6.81. The standard InChI is InChI=1S/C23H41N.ClH.H2O/c1-4-5-6-7-8-9-10-11-12-13-14-18-21-24-23(2,3)22-19-16-15-17-20-22;;/h15-17,19-20,24H,4-14,18,21H2,1-3H3;1H;1H2. The van der Waals surface area contributed by atoms with Crippen molar-refractivity contribution < 1.29 is 5.48 Å². The summed E-state index contributed by atoms with van der Waals surface area (Å²) in [4.78, 5) is 0. The van der Waals surface area contributed by atoms with E-state index in [-0.39, 0.29) is 23.4 Å². The molecule has 154 valence electrons. The smallest absolute Gasteiger partial charge is 0.0377 e. The Morgan fingerprint density at radius 1 is 0.692 bits per heavy atom. The van der Waals surface area contributed by atoms with E-state index in [1.165, 1.54) is 82.6 Å². The fourth-order valence-electron chi connectivity index (χ4n) is 3.32. The van der Waals surface area contributed by atoms with Gasteiger partial charge in [0.2, 0.25) is 0 Å². The SMILES string of the molecule is CCCCCCCCCCCCCCNC(C)(C)c1ccccc1.Cl.O. The van der Waals surface area contributed by atoms with E-state index in [0.717, 1.165) is 6.54 Å². The molecule has 0 saturated heterocycles. The molecule has 0 radical (unpaired) electrons. The molecule has 1 aromatic rings. The van der Waals surface area contributed by atoms with Crippen molar-refractivity contribution in [2.75, 3.05) is 6.54 Å². The Labute approximate surface area is 169 Å². The van der Waals surface area contributed by atoms with Crippen LogP contribution in [-0.2, 0) is 5.54 Å². The van der Waals surface area contributed by atoms with Crippen molar-refractivity contribution in [3.05, 3.63) is 35.9 Å². The molecular formula is C23H44ClNO. The zero-order valence-corrected chi connectivity index (χ0v) is 18.3. The first-order chi connectivity index (χ1) is 11.7. The van der Waals surface area contributed by atoms with Gasteiger partial charge in [0.05, 0.1) is 0 Å². The predicted molar refractivity (Wildman–Crippen MR) is 119 cm³/mol. The van der Waals surface area contributed by atoms with Crippen molar-refractivity contribution >= 4 is 12.4 Å². The highest BCUT2D eigenvalue weighted by atomic mass is 35.5. The molecule has 0 aromatic heterocycles. The number of rotatable bonds is 15. The average Bonchev–Trinajstić information content (AvgIpc) is 2.60. The molecule has 0 aliphatic heterocycles. The van der Waals surface area contributed by atoms with E-state index in [2.05, 4.69) is 56.4 Å². The van der Waals surface area contributed by atoms with Crippen LogP contribution >= 0.6 is 12.4 Å². The van der Waals surface area contributed by atoms with Gasteiger partial charge in [-0.2, -0.15) is 0 Å². The Hall–Kier alpha value is -0.570. The van der Waals surface area contributed by atoms with Crippen LogP contribution in [0.4, 0.5) is 0 Å². The van der Waals surface area contributed by atoms with Gasteiger partial charge in [0.25, 0.3) is 0 Å². The molecule has 0 aliphatic carbocycles. The van der Waals surface area contributed by atoms with Gasteiger partial charge in [-0.05, 0) is 32.4 Å². The zero-order valence-electron chi connectivity index (χ0n) is 17.5. The van der Waals surface area contributed by atoms with Gasteiger partial charge in [0.1, 0.15) is 0 Å². The van der Waals surface area contributed by atoms with Gasteiger partial charge < -0.3 is 10.8 Å². The molecule has 0 atom stereocenters. The largest absolute Gasteiger partial charge is 0.412 e. The minimum Gasteiger partial charge on any atom is -0.412 e. The average molecular weight is 386 g/mol. The lowest BCUT2D eigenvalue weighted by molar-refractivity contribution is 0.394. The van der Waals surface area contributed by atoms with E-state index in [1.807, 2.05) is 0 Å². The van der Waals surface area contributed by atoms with Crippen LogP contribution in [0.2, 0.25) is 0 Å². The molecule has 2 nitrogen and oxygen atoms in total. The fourth-order valence-corrected chi connectivity index (χ4v) is 3.32. The molecule has 0 amide bonds. The van der Waals surface area contributed by atoms with Gasteiger partial charge in [-0.1, -0.05) is 108 Å². The Morgan fingerprint density at radius 2 is 1.12 bits per heavy atom. The van der Waals surface area contributed by atoms with Crippen LogP contribution in [0, 0.1) is 0 Å². The summed E-state index contributed by atoms with van der Waals surface area (Å²) in [5, 5.41) is 3.71. The van der Waals surface area contributed by atoms with E-state index < -0.39 is 0 Å². The summed E-state index contributed by atoms with van der Waals surface area (Å²) in [5.74, 6) is 0. The number of hydrogen-bond donors (Lipinski definition) is 1. The molecule has 1 rings (SSSR count). The fraction of sp³-hybridized carbons (Fsp3) is 0.739. The molecule has 26 heavy (non-hydrogen) atoms. The van der Waals surface area contributed by atoms with Gasteiger partial charge in [0.15, 0.2) is 0 Å². The van der Waals surface area contributed by atoms with Gasteiger partial charge in [-0.15, -0.1) is 12.4 Å². The topological polar surface area (TPSA) is 43.5 Å². The normalized spacial score (nSPS) is 10.9. The first kappa shape index (κ1) is 27.6. The van der Waals surface area contributed by atoms with E-state index in [1.54, 1.807) is 0 Å². The summed E-state index contributed by atoms with van der Waals surface area (Å²) < 4.78 is 0. The minimum atomic E-state index is 0. The Kier molecular flexibility index (Phi) is 19.0. The maximum atomic E-state index is 3.71. The molecule has 1 aromatic carbocycles. The lowest BCUT2D eigenvalue weighted by Gasteiger charge is -2.27. The van der Waals surface area contributed by atoms with E-state index >= 15 is 0 Å². The summed E-state index contributed by atoms with van der Waals surface area (Å²) in [6.07, 6.45) is 17.0. The van der Waals surface area contributed by atoms with Crippen LogP contribution in [0.15, 0.2) is 30.3 Å². The molecule has 3 N–H and O–H groups in total. The lowest BCUT2D eigenvalue weighted by Crippen LogP contribution is -2.37. The molecule has 3 heteroatoms. The summed E-state index contributed by atoms with van der Waals surface area (Å²) in [7, 11) is 0. The lowest BCUT2D eigenvalue weighted by atomic mass is 9.94. The maximum absolute atomic E-state index is 3.71. The minimum absolute atomic E-state index is 0. The molecule has 0 heterocycles. The number of unbranched alkanes of at least 4 members (excludes halogenated alkanes) is 11. The molecule has 0 aliphatic rings. The summed E-state index contributed by atoms with van der Waals surface area (Å²) in [5.41, 5.74) is 1.46. The number of benzene rings is 1. The van der Waals surface area contributed by atoms with Gasteiger partial charge in [-0.25, -0.2) is 0 Å². The molecule has 0 spiro atoms. The van der Waals surface area contributed by atoms with Crippen molar-refractivity contribution in [3.8, 4) is 0 Å². The third-order valence-corrected chi connectivity index (χ3v) is 5.09. The first-order valence-electron chi connectivity index (χ1n) is 10.5.